The third-order valence-corrected chi connectivity index (χ3v) is 2.32. The quantitative estimate of drug-likeness (QED) is 0.821. The van der Waals surface area contributed by atoms with Crippen molar-refractivity contribution >= 4 is 17.1 Å². The summed E-state index contributed by atoms with van der Waals surface area (Å²) in [5, 5.41) is 2.68. The predicted molar refractivity (Wildman–Crippen MR) is 63.3 cm³/mol. The Bertz CT molecular complexity index is 596. The summed E-state index contributed by atoms with van der Waals surface area (Å²) in [5.74, 6) is -1.32. The Morgan fingerprint density at radius 1 is 1.05 bits per heavy atom. The number of hydrogen-bond acceptors (Lipinski definition) is 3. The lowest BCUT2D eigenvalue weighted by Crippen LogP contribution is -2.08. The van der Waals surface area contributed by atoms with Crippen LogP contribution in [0.1, 0.15) is 5.56 Å². The minimum absolute atomic E-state index is 0.0983. The van der Waals surface area contributed by atoms with Crippen LogP contribution in [0.2, 0.25) is 0 Å². The third-order valence-electron chi connectivity index (χ3n) is 2.32. The van der Waals surface area contributed by atoms with Crippen molar-refractivity contribution in [2.24, 2.45) is 0 Å². The molecule has 0 aliphatic heterocycles. The Morgan fingerprint density at radius 3 is 2.42 bits per heavy atom. The molecule has 3 nitrogen and oxygen atoms in total. The van der Waals surface area contributed by atoms with E-state index in [4.69, 9.17) is 5.73 Å². The average molecular weight is 271 g/mol. The number of benzene rings is 1. The molecule has 0 saturated carbocycles. The average Bonchev–Trinajstić information content (AvgIpc) is 2.30. The second-order valence-corrected chi connectivity index (χ2v) is 3.82. The first-order chi connectivity index (χ1) is 8.86. The molecule has 0 aliphatic rings. The lowest BCUT2D eigenvalue weighted by atomic mass is 10.1. The number of hydrogen-bond donors (Lipinski definition) is 2. The highest BCUT2D eigenvalue weighted by atomic mass is 19.4. The largest absolute Gasteiger partial charge is 0.419 e. The fraction of sp³-hybridized carbons (Fsp3) is 0.0833. The van der Waals surface area contributed by atoms with Crippen LogP contribution in [0.3, 0.4) is 0 Å². The Labute approximate surface area is 106 Å². The molecule has 100 valence electrons. The van der Waals surface area contributed by atoms with Crippen LogP contribution in [0.4, 0.5) is 34.6 Å². The normalized spacial score (nSPS) is 11.4. The molecule has 3 N–H and O–H groups in total. The maximum absolute atomic E-state index is 13.1. The molecule has 7 heteroatoms. The first-order valence-corrected chi connectivity index (χ1v) is 5.20. The molecule has 0 saturated heterocycles. The van der Waals surface area contributed by atoms with Gasteiger partial charge in [-0.15, -0.1) is 0 Å². The molecule has 0 fully saturated rings. The van der Waals surface area contributed by atoms with Crippen molar-refractivity contribution in [3.63, 3.8) is 0 Å². The van der Waals surface area contributed by atoms with Crippen molar-refractivity contribution < 1.29 is 17.6 Å². The minimum Gasteiger partial charge on any atom is -0.397 e. The van der Waals surface area contributed by atoms with E-state index in [9.17, 15) is 17.6 Å². The first-order valence-electron chi connectivity index (χ1n) is 5.20. The third kappa shape index (κ3) is 3.12. The van der Waals surface area contributed by atoms with E-state index in [0.29, 0.717) is 17.4 Å². The number of halogens is 4. The van der Waals surface area contributed by atoms with Crippen LogP contribution in [0, 0.1) is 5.82 Å². The van der Waals surface area contributed by atoms with Crippen LogP contribution < -0.4 is 11.1 Å². The summed E-state index contributed by atoms with van der Waals surface area (Å²) >= 11 is 0. The van der Waals surface area contributed by atoms with Gasteiger partial charge in [0.2, 0.25) is 0 Å². The van der Waals surface area contributed by atoms with Crippen molar-refractivity contribution in [2.75, 3.05) is 11.1 Å². The van der Waals surface area contributed by atoms with Gasteiger partial charge in [-0.3, -0.25) is 4.98 Å². The predicted octanol–water partition coefficient (Wildman–Crippen LogP) is 3.57. The highest BCUT2D eigenvalue weighted by molar-refractivity contribution is 5.62. The Hall–Kier alpha value is -2.31. The smallest absolute Gasteiger partial charge is 0.397 e. The number of pyridine rings is 1. The number of nitrogens with two attached hydrogens (primary N) is 1. The lowest BCUT2D eigenvalue weighted by molar-refractivity contribution is -0.139. The molecule has 0 amide bonds. The van der Waals surface area contributed by atoms with Crippen molar-refractivity contribution in [3.05, 3.63) is 48.0 Å². The van der Waals surface area contributed by atoms with Gasteiger partial charge in [0, 0.05) is 11.9 Å². The summed E-state index contributed by atoms with van der Waals surface area (Å²) in [6, 6.07) is 4.15. The Morgan fingerprint density at radius 2 is 1.79 bits per heavy atom. The van der Waals surface area contributed by atoms with E-state index < -0.39 is 17.6 Å². The Balaban J connectivity index is 2.32. The molecular weight excluding hydrogens is 262 g/mol. The van der Waals surface area contributed by atoms with Gasteiger partial charge in [0.25, 0.3) is 0 Å². The van der Waals surface area contributed by atoms with Gasteiger partial charge in [-0.1, -0.05) is 0 Å². The van der Waals surface area contributed by atoms with Crippen molar-refractivity contribution in [3.8, 4) is 0 Å². The summed E-state index contributed by atoms with van der Waals surface area (Å²) < 4.78 is 50.7. The van der Waals surface area contributed by atoms with Gasteiger partial charge in [-0.25, -0.2) is 4.39 Å². The SMILES string of the molecule is Nc1cncc(Nc2ccc(F)c(C(F)(F)F)c2)c1. The van der Waals surface area contributed by atoms with E-state index in [0.717, 1.165) is 6.07 Å². The van der Waals surface area contributed by atoms with Crippen LogP contribution in [0.25, 0.3) is 0 Å². The molecule has 0 aliphatic carbocycles. The lowest BCUT2D eigenvalue weighted by Gasteiger charge is -2.11. The van der Waals surface area contributed by atoms with Crippen LogP contribution in [0.5, 0.6) is 0 Å². The van der Waals surface area contributed by atoms with E-state index in [1.165, 1.54) is 24.5 Å². The van der Waals surface area contributed by atoms with Crippen LogP contribution in [0.15, 0.2) is 36.7 Å². The van der Waals surface area contributed by atoms with E-state index in [1.54, 1.807) is 0 Å². The number of aromatic nitrogens is 1. The summed E-state index contributed by atoms with van der Waals surface area (Å²) in [6.45, 7) is 0. The maximum Gasteiger partial charge on any atom is 0.419 e. The zero-order chi connectivity index (χ0) is 14.0. The number of nitrogens with one attached hydrogen (secondary N) is 1. The van der Waals surface area contributed by atoms with Crippen molar-refractivity contribution in [1.29, 1.82) is 0 Å². The standard InChI is InChI=1S/C12H9F4N3/c13-11-2-1-8(4-10(11)12(14,15)16)19-9-3-7(17)5-18-6-9/h1-6,19H,17H2. The van der Waals surface area contributed by atoms with Gasteiger partial charge in [0.05, 0.1) is 23.1 Å². The number of alkyl halides is 3. The van der Waals surface area contributed by atoms with E-state index in [1.807, 2.05) is 0 Å². The summed E-state index contributed by atoms with van der Waals surface area (Å²) in [6.07, 6.45) is -1.94. The highest BCUT2D eigenvalue weighted by Crippen LogP contribution is 2.33. The van der Waals surface area contributed by atoms with Gasteiger partial charge in [-0.2, -0.15) is 13.2 Å². The van der Waals surface area contributed by atoms with Crippen molar-refractivity contribution in [1.82, 2.24) is 4.98 Å². The fourth-order valence-electron chi connectivity index (χ4n) is 1.51. The molecule has 1 heterocycles. The van der Waals surface area contributed by atoms with Crippen LogP contribution >= 0.6 is 0 Å². The van der Waals surface area contributed by atoms with E-state index in [2.05, 4.69) is 10.3 Å². The number of rotatable bonds is 2. The van der Waals surface area contributed by atoms with Crippen LogP contribution in [-0.2, 0) is 6.18 Å². The number of nitrogen functional groups attached to an aromatic ring is 1. The zero-order valence-electron chi connectivity index (χ0n) is 9.50. The molecular formula is C12H9F4N3. The fourth-order valence-corrected chi connectivity index (χ4v) is 1.51. The van der Waals surface area contributed by atoms with Gasteiger partial charge in [0.1, 0.15) is 5.82 Å². The molecule has 1 aromatic heterocycles. The molecule has 0 atom stereocenters. The van der Waals surface area contributed by atoms with Gasteiger partial charge < -0.3 is 11.1 Å². The topological polar surface area (TPSA) is 50.9 Å². The zero-order valence-corrected chi connectivity index (χ0v) is 9.50. The second-order valence-electron chi connectivity index (χ2n) is 3.82. The Kier molecular flexibility index (Phi) is 3.28. The highest BCUT2D eigenvalue weighted by Gasteiger charge is 2.34. The monoisotopic (exact) mass is 271 g/mol. The molecule has 19 heavy (non-hydrogen) atoms. The molecule has 2 rings (SSSR count). The van der Waals surface area contributed by atoms with Gasteiger partial charge in [-0.05, 0) is 24.3 Å². The molecule has 0 radical (unpaired) electrons. The summed E-state index contributed by atoms with van der Waals surface area (Å²) in [7, 11) is 0. The summed E-state index contributed by atoms with van der Waals surface area (Å²) in [4.78, 5) is 3.79. The molecule has 0 bridgehead atoms. The maximum atomic E-state index is 13.1. The molecule has 1 aromatic carbocycles. The number of anilines is 3. The second kappa shape index (κ2) is 4.75. The minimum atomic E-state index is -4.74. The molecule has 0 unspecified atom stereocenters. The first kappa shape index (κ1) is 13.1. The molecule has 2 aromatic rings. The molecule has 0 spiro atoms. The van der Waals surface area contributed by atoms with Gasteiger partial charge in [0.15, 0.2) is 0 Å². The van der Waals surface area contributed by atoms with E-state index in [-0.39, 0.29) is 5.69 Å². The van der Waals surface area contributed by atoms with Crippen LogP contribution in [-0.4, -0.2) is 4.98 Å². The van der Waals surface area contributed by atoms with Crippen molar-refractivity contribution in [2.45, 2.75) is 6.18 Å². The summed E-state index contributed by atoms with van der Waals surface area (Å²) in [5.41, 5.74) is 5.05. The number of nitrogens with zero attached hydrogens (tertiary/aromatic N) is 1. The van der Waals surface area contributed by atoms with Gasteiger partial charge >= 0.3 is 6.18 Å². The van der Waals surface area contributed by atoms with E-state index >= 15 is 0 Å².